The van der Waals surface area contributed by atoms with Gasteiger partial charge < -0.3 is 15.2 Å². The molecule has 0 bridgehead atoms. The van der Waals surface area contributed by atoms with Crippen molar-refractivity contribution in [3.05, 3.63) is 11.9 Å². The van der Waals surface area contributed by atoms with Crippen LogP contribution in [0.3, 0.4) is 0 Å². The first kappa shape index (κ1) is 12.9. The van der Waals surface area contributed by atoms with Crippen molar-refractivity contribution in [3.63, 3.8) is 0 Å². The van der Waals surface area contributed by atoms with Crippen LogP contribution in [0.5, 0.6) is 0 Å². The Kier molecular flexibility index (Phi) is 4.44. The molecule has 0 aliphatic heterocycles. The number of carbonyl (C=O) groups excluding carboxylic acids is 2. The van der Waals surface area contributed by atoms with Gasteiger partial charge in [-0.2, -0.15) is 0 Å². The van der Waals surface area contributed by atoms with Crippen LogP contribution in [0, 0.1) is 0 Å². The monoisotopic (exact) mass is 242 g/mol. The molecule has 17 heavy (non-hydrogen) atoms. The van der Waals surface area contributed by atoms with Crippen molar-refractivity contribution in [1.82, 2.24) is 15.0 Å². The third-order valence-electron chi connectivity index (χ3n) is 1.94. The van der Waals surface area contributed by atoms with Crippen molar-refractivity contribution in [1.29, 1.82) is 0 Å². The van der Waals surface area contributed by atoms with Crippen LogP contribution in [0.2, 0.25) is 0 Å². The summed E-state index contributed by atoms with van der Waals surface area (Å²) in [5.41, 5.74) is 5.21. The number of aromatic nitrogens is 3. The number of carbonyl (C=O) groups is 2. The first-order valence-corrected chi connectivity index (χ1v) is 5.04. The summed E-state index contributed by atoms with van der Waals surface area (Å²) >= 11 is 0. The summed E-state index contributed by atoms with van der Waals surface area (Å²) < 4.78 is 10.7. The van der Waals surface area contributed by atoms with Crippen molar-refractivity contribution in [2.45, 2.75) is 26.5 Å². The molecule has 0 fully saturated rings. The third kappa shape index (κ3) is 3.74. The molecule has 0 spiro atoms. The van der Waals surface area contributed by atoms with Crippen molar-refractivity contribution in [2.24, 2.45) is 5.73 Å². The predicted octanol–water partition coefficient (Wildman–Crippen LogP) is -0.00250. The molecule has 1 unspecified atom stereocenters. The van der Waals surface area contributed by atoms with Crippen molar-refractivity contribution < 1.29 is 19.1 Å². The zero-order chi connectivity index (χ0) is 12.8. The lowest BCUT2D eigenvalue weighted by atomic mass is 10.3. The van der Waals surface area contributed by atoms with E-state index in [2.05, 4.69) is 15.0 Å². The molecule has 8 nitrogen and oxygen atoms in total. The fourth-order valence-corrected chi connectivity index (χ4v) is 1.08. The van der Waals surface area contributed by atoms with Crippen molar-refractivity contribution >= 4 is 12.1 Å². The maximum atomic E-state index is 11.4. The topological polar surface area (TPSA) is 109 Å². The van der Waals surface area contributed by atoms with E-state index in [0.717, 1.165) is 0 Å². The van der Waals surface area contributed by atoms with E-state index in [1.54, 1.807) is 13.8 Å². The number of nitrogens with zero attached hydrogens (tertiary/aromatic N) is 3. The van der Waals surface area contributed by atoms with Crippen LogP contribution in [0.25, 0.3) is 0 Å². The molecule has 1 heterocycles. The maximum absolute atomic E-state index is 11.4. The molecule has 0 aliphatic carbocycles. The smallest absolute Gasteiger partial charge is 0.404 e. The molecule has 0 saturated heterocycles. The number of amides is 1. The number of nitrogens with two attached hydrogens (primary N) is 1. The summed E-state index contributed by atoms with van der Waals surface area (Å²) in [6.45, 7) is 3.57. The van der Waals surface area contributed by atoms with Gasteiger partial charge in [-0.05, 0) is 13.8 Å². The predicted molar refractivity (Wildman–Crippen MR) is 55.7 cm³/mol. The van der Waals surface area contributed by atoms with Gasteiger partial charge in [-0.15, -0.1) is 5.10 Å². The standard InChI is InChI=1S/C9H14N4O4/c1-3-16-8(14)6(2)13-4-7(11-12-13)5-17-9(10)15/h4,6H,3,5H2,1-2H3,(H2,10,15). The minimum Gasteiger partial charge on any atom is -0.464 e. The Morgan fingerprint density at radius 3 is 2.82 bits per heavy atom. The average Bonchev–Trinajstić information content (AvgIpc) is 2.74. The van der Waals surface area contributed by atoms with Crippen LogP contribution >= 0.6 is 0 Å². The minimum absolute atomic E-state index is 0.0785. The molecule has 0 saturated carbocycles. The van der Waals surface area contributed by atoms with E-state index in [1.165, 1.54) is 10.9 Å². The molecule has 0 aliphatic rings. The second kappa shape index (κ2) is 5.83. The zero-order valence-electron chi connectivity index (χ0n) is 9.62. The highest BCUT2D eigenvalue weighted by Crippen LogP contribution is 2.07. The number of esters is 1. The molecular formula is C9H14N4O4. The molecule has 8 heteroatoms. The van der Waals surface area contributed by atoms with Gasteiger partial charge in [0.25, 0.3) is 0 Å². The first-order valence-electron chi connectivity index (χ1n) is 5.04. The van der Waals surface area contributed by atoms with E-state index >= 15 is 0 Å². The Balaban J connectivity index is 2.60. The van der Waals surface area contributed by atoms with Gasteiger partial charge in [0.15, 0.2) is 0 Å². The molecule has 1 aromatic heterocycles. The highest BCUT2D eigenvalue weighted by atomic mass is 16.5. The Hall–Kier alpha value is -2.12. The van der Waals surface area contributed by atoms with Gasteiger partial charge in [-0.1, -0.05) is 5.21 Å². The van der Waals surface area contributed by atoms with Gasteiger partial charge >= 0.3 is 12.1 Å². The van der Waals surface area contributed by atoms with Gasteiger partial charge in [-0.3, -0.25) is 0 Å². The third-order valence-corrected chi connectivity index (χ3v) is 1.94. The largest absolute Gasteiger partial charge is 0.464 e. The minimum atomic E-state index is -0.891. The second-order valence-corrected chi connectivity index (χ2v) is 3.23. The molecular weight excluding hydrogens is 228 g/mol. The highest BCUT2D eigenvalue weighted by molar-refractivity contribution is 5.73. The fraction of sp³-hybridized carbons (Fsp3) is 0.556. The Labute approximate surface area is 97.7 Å². The Morgan fingerprint density at radius 1 is 1.53 bits per heavy atom. The summed E-state index contributed by atoms with van der Waals surface area (Å²) in [4.78, 5) is 21.8. The van der Waals surface area contributed by atoms with Crippen LogP contribution in [-0.4, -0.2) is 33.7 Å². The quantitative estimate of drug-likeness (QED) is 0.727. The number of rotatable bonds is 5. The van der Waals surface area contributed by atoms with Gasteiger partial charge in [-0.25, -0.2) is 14.3 Å². The molecule has 1 amide bonds. The number of ether oxygens (including phenoxy) is 2. The van der Waals surface area contributed by atoms with Crippen LogP contribution < -0.4 is 5.73 Å². The number of hydrogen-bond donors (Lipinski definition) is 1. The van der Waals surface area contributed by atoms with Crippen LogP contribution in [0.1, 0.15) is 25.6 Å². The van der Waals surface area contributed by atoms with E-state index < -0.39 is 18.1 Å². The lowest BCUT2D eigenvalue weighted by Crippen LogP contribution is -2.19. The van der Waals surface area contributed by atoms with Crippen LogP contribution in [-0.2, 0) is 20.9 Å². The fourth-order valence-electron chi connectivity index (χ4n) is 1.08. The number of primary amides is 1. The van der Waals surface area contributed by atoms with Crippen molar-refractivity contribution in [2.75, 3.05) is 6.61 Å². The van der Waals surface area contributed by atoms with E-state index in [9.17, 15) is 9.59 Å². The summed E-state index contributed by atoms with van der Waals surface area (Å²) in [6.07, 6.45) is 0.600. The molecule has 0 radical (unpaired) electrons. The van der Waals surface area contributed by atoms with Gasteiger partial charge in [0, 0.05) is 0 Å². The summed E-state index contributed by atoms with van der Waals surface area (Å²) in [6, 6.07) is -0.579. The first-order chi connectivity index (χ1) is 8.04. The lowest BCUT2D eigenvalue weighted by Gasteiger charge is -2.09. The maximum Gasteiger partial charge on any atom is 0.404 e. The van der Waals surface area contributed by atoms with Crippen LogP contribution in [0.15, 0.2) is 6.20 Å². The molecule has 1 aromatic rings. The summed E-state index contributed by atoms with van der Waals surface area (Å²) in [5, 5.41) is 7.46. The molecule has 1 atom stereocenters. The normalized spacial score (nSPS) is 11.9. The van der Waals surface area contributed by atoms with E-state index in [-0.39, 0.29) is 6.61 Å². The van der Waals surface area contributed by atoms with E-state index in [1.807, 2.05) is 0 Å². The highest BCUT2D eigenvalue weighted by Gasteiger charge is 2.17. The number of hydrogen-bond acceptors (Lipinski definition) is 6. The van der Waals surface area contributed by atoms with Crippen molar-refractivity contribution in [3.8, 4) is 0 Å². The molecule has 0 aromatic carbocycles. The van der Waals surface area contributed by atoms with Gasteiger partial charge in [0.05, 0.1) is 12.8 Å². The van der Waals surface area contributed by atoms with E-state index in [0.29, 0.717) is 12.3 Å². The summed E-state index contributed by atoms with van der Waals surface area (Å²) in [5.74, 6) is -0.403. The summed E-state index contributed by atoms with van der Waals surface area (Å²) in [7, 11) is 0. The molecule has 1 rings (SSSR count). The SMILES string of the molecule is CCOC(=O)C(C)n1cc(COC(N)=O)nn1. The molecule has 94 valence electrons. The Morgan fingerprint density at radius 2 is 2.24 bits per heavy atom. The average molecular weight is 242 g/mol. The second-order valence-electron chi connectivity index (χ2n) is 3.23. The molecule has 2 N–H and O–H groups in total. The van der Waals surface area contributed by atoms with Gasteiger partial charge in [0.1, 0.15) is 18.3 Å². The zero-order valence-corrected chi connectivity index (χ0v) is 9.62. The Bertz CT molecular complexity index is 403. The van der Waals surface area contributed by atoms with E-state index in [4.69, 9.17) is 10.5 Å². The lowest BCUT2D eigenvalue weighted by molar-refractivity contribution is -0.146. The van der Waals surface area contributed by atoms with Crippen LogP contribution in [0.4, 0.5) is 4.79 Å². The van der Waals surface area contributed by atoms with Gasteiger partial charge in [0.2, 0.25) is 0 Å².